The number of rotatable bonds is 12. The van der Waals surface area contributed by atoms with Crippen LogP contribution < -0.4 is 14.8 Å². The van der Waals surface area contributed by atoms with Gasteiger partial charge in [0.2, 0.25) is 5.91 Å². The molecule has 0 heterocycles. The molecular weight excluding hydrogens is 516 g/mol. The smallest absolute Gasteiger partial charge is 0.261 e. The van der Waals surface area contributed by atoms with Gasteiger partial charge in [0.05, 0.1) is 4.90 Å². The highest BCUT2D eigenvalue weighted by molar-refractivity contribution is 7.92. The van der Waals surface area contributed by atoms with E-state index >= 15 is 0 Å². The summed E-state index contributed by atoms with van der Waals surface area (Å²) >= 11 is 0. The van der Waals surface area contributed by atoms with Gasteiger partial charge in [0.1, 0.15) is 23.4 Å². The van der Waals surface area contributed by atoms with E-state index in [1.54, 1.807) is 6.92 Å². The van der Waals surface area contributed by atoms with Crippen LogP contribution in [-0.4, -0.2) is 44.3 Å². The molecule has 0 spiro atoms. The van der Waals surface area contributed by atoms with E-state index in [2.05, 4.69) is 10.0 Å². The van der Waals surface area contributed by atoms with Crippen molar-refractivity contribution in [2.24, 2.45) is 0 Å². The zero-order valence-electron chi connectivity index (χ0n) is 21.0. The van der Waals surface area contributed by atoms with E-state index < -0.39 is 40.2 Å². The van der Waals surface area contributed by atoms with E-state index in [9.17, 15) is 26.8 Å². The zero-order valence-corrected chi connectivity index (χ0v) is 21.8. The molecule has 2 N–H and O–H groups in total. The van der Waals surface area contributed by atoms with Gasteiger partial charge in [-0.25, -0.2) is 17.2 Å². The van der Waals surface area contributed by atoms with Gasteiger partial charge >= 0.3 is 0 Å². The lowest BCUT2D eigenvalue weighted by molar-refractivity contribution is -0.142. The summed E-state index contributed by atoms with van der Waals surface area (Å²) in [5.74, 6) is -1.48. The van der Waals surface area contributed by atoms with Crippen LogP contribution in [0.5, 0.6) is 5.75 Å². The molecule has 0 radical (unpaired) electrons. The number of benzene rings is 3. The number of hydrogen-bond acceptors (Lipinski definition) is 5. The molecule has 0 saturated heterocycles. The maximum Gasteiger partial charge on any atom is 0.261 e. The van der Waals surface area contributed by atoms with E-state index in [-0.39, 0.29) is 28.8 Å². The second kappa shape index (κ2) is 13.0. The fourth-order valence-electron chi connectivity index (χ4n) is 3.44. The van der Waals surface area contributed by atoms with Gasteiger partial charge in [-0.05, 0) is 79.6 Å². The number of anilines is 1. The highest BCUT2D eigenvalue weighted by Gasteiger charge is 2.26. The summed E-state index contributed by atoms with van der Waals surface area (Å²) in [5.41, 5.74) is 0.841. The van der Waals surface area contributed by atoms with Crippen LogP contribution in [0, 0.1) is 11.6 Å². The number of nitrogens with zero attached hydrogens (tertiary/aromatic N) is 1. The maximum absolute atomic E-state index is 13.3. The number of amides is 2. The molecule has 1 atom stereocenters. The van der Waals surface area contributed by atoms with Gasteiger partial charge in [-0.15, -0.1) is 0 Å². The Morgan fingerprint density at radius 1 is 0.921 bits per heavy atom. The van der Waals surface area contributed by atoms with E-state index in [1.807, 2.05) is 6.92 Å². The van der Waals surface area contributed by atoms with Crippen molar-refractivity contribution in [3.05, 3.63) is 90.0 Å². The number of ether oxygens (including phenoxy) is 1. The molecule has 0 aromatic heterocycles. The lowest BCUT2D eigenvalue weighted by Gasteiger charge is -2.28. The Bertz CT molecular complexity index is 1330. The topological polar surface area (TPSA) is 105 Å². The quantitative estimate of drug-likeness (QED) is 0.357. The Balaban J connectivity index is 1.67. The summed E-state index contributed by atoms with van der Waals surface area (Å²) in [5, 5.41) is 2.76. The van der Waals surface area contributed by atoms with Gasteiger partial charge in [0.25, 0.3) is 15.9 Å². The molecular formula is C27H29F2N3O5S. The van der Waals surface area contributed by atoms with Gasteiger partial charge in [0, 0.05) is 18.8 Å². The molecule has 0 bridgehead atoms. The van der Waals surface area contributed by atoms with E-state index in [0.717, 1.165) is 18.6 Å². The van der Waals surface area contributed by atoms with Crippen molar-refractivity contribution in [2.75, 3.05) is 17.9 Å². The molecule has 8 nitrogen and oxygen atoms in total. The average molecular weight is 546 g/mol. The van der Waals surface area contributed by atoms with Crippen LogP contribution in [0.4, 0.5) is 14.5 Å². The zero-order chi connectivity index (χ0) is 27.7. The van der Waals surface area contributed by atoms with Crippen molar-refractivity contribution in [3.8, 4) is 5.75 Å². The molecule has 3 aromatic rings. The Hall–Kier alpha value is -3.99. The molecule has 11 heteroatoms. The van der Waals surface area contributed by atoms with E-state index in [4.69, 9.17) is 4.74 Å². The van der Waals surface area contributed by atoms with Crippen LogP contribution in [0.3, 0.4) is 0 Å². The third kappa shape index (κ3) is 8.01. The molecule has 38 heavy (non-hydrogen) atoms. The molecule has 0 fully saturated rings. The minimum atomic E-state index is -3.93. The number of carbonyl (C=O) groups excluding carboxylic acids is 2. The Morgan fingerprint density at radius 2 is 1.50 bits per heavy atom. The summed E-state index contributed by atoms with van der Waals surface area (Å²) < 4.78 is 59.5. The second-order valence-corrected chi connectivity index (χ2v) is 10.2. The van der Waals surface area contributed by atoms with Crippen LogP contribution in [0.25, 0.3) is 0 Å². The normalized spacial score (nSPS) is 11.9. The van der Waals surface area contributed by atoms with Crippen molar-refractivity contribution in [1.29, 1.82) is 0 Å². The monoisotopic (exact) mass is 545 g/mol. The largest absolute Gasteiger partial charge is 0.484 e. The molecule has 3 aromatic carbocycles. The third-order valence-corrected chi connectivity index (χ3v) is 6.97. The minimum absolute atomic E-state index is 0.0559. The molecule has 0 aliphatic heterocycles. The molecule has 0 aliphatic rings. The van der Waals surface area contributed by atoms with Crippen LogP contribution in [-0.2, 0) is 26.2 Å². The second-order valence-electron chi connectivity index (χ2n) is 8.49. The Kier molecular flexibility index (Phi) is 9.78. The third-order valence-electron chi connectivity index (χ3n) is 5.58. The van der Waals surface area contributed by atoms with Crippen LogP contribution in [0.2, 0.25) is 0 Å². The van der Waals surface area contributed by atoms with E-state index in [0.29, 0.717) is 12.1 Å². The van der Waals surface area contributed by atoms with Gasteiger partial charge in [-0.2, -0.15) is 0 Å². The van der Waals surface area contributed by atoms with Crippen LogP contribution in [0.15, 0.2) is 77.7 Å². The summed E-state index contributed by atoms with van der Waals surface area (Å²) in [6.07, 6.45) is 0.735. The highest BCUT2D eigenvalue weighted by Crippen LogP contribution is 2.20. The predicted molar refractivity (Wildman–Crippen MR) is 139 cm³/mol. The van der Waals surface area contributed by atoms with Crippen molar-refractivity contribution in [2.45, 2.75) is 37.8 Å². The standard InChI is InChI=1S/C27H29F2N3O5S/c1-3-16-30-27(34)19(2)32(17-20-4-6-21(28)7-5-20)26(33)18-37-24-12-14-25(15-13-24)38(35,36)31-23-10-8-22(29)9-11-23/h4-15,19,31H,3,16-18H2,1-2H3,(H,30,34)/t19-/m0/s1. The number of hydrogen-bond donors (Lipinski definition) is 2. The Morgan fingerprint density at radius 3 is 2.08 bits per heavy atom. The van der Waals surface area contributed by atoms with Crippen molar-refractivity contribution in [3.63, 3.8) is 0 Å². The SMILES string of the molecule is CCCNC(=O)[C@H](C)N(Cc1ccc(F)cc1)C(=O)COc1ccc(S(=O)(=O)Nc2ccc(F)cc2)cc1. The summed E-state index contributed by atoms with van der Waals surface area (Å²) in [4.78, 5) is 26.9. The van der Waals surface area contributed by atoms with Gasteiger partial charge in [-0.3, -0.25) is 14.3 Å². The van der Waals surface area contributed by atoms with Gasteiger partial charge < -0.3 is 15.0 Å². The Labute approximate surface area is 220 Å². The van der Waals surface area contributed by atoms with Crippen molar-refractivity contribution >= 4 is 27.5 Å². The number of nitrogens with one attached hydrogen (secondary N) is 2. The first-order valence-corrected chi connectivity index (χ1v) is 13.4. The van der Waals surface area contributed by atoms with Crippen LogP contribution in [0.1, 0.15) is 25.8 Å². The molecule has 0 aliphatic carbocycles. The lowest BCUT2D eigenvalue weighted by atomic mass is 10.1. The summed E-state index contributed by atoms with van der Waals surface area (Å²) in [6, 6.07) is 15.1. The molecule has 202 valence electrons. The number of halogens is 2. The molecule has 2 amide bonds. The first-order valence-electron chi connectivity index (χ1n) is 11.9. The van der Waals surface area contributed by atoms with Crippen molar-refractivity contribution in [1.82, 2.24) is 10.2 Å². The van der Waals surface area contributed by atoms with Crippen LogP contribution >= 0.6 is 0 Å². The van der Waals surface area contributed by atoms with Crippen molar-refractivity contribution < 1.29 is 31.5 Å². The average Bonchev–Trinajstić information content (AvgIpc) is 2.91. The summed E-state index contributed by atoms with van der Waals surface area (Å²) in [6.45, 7) is 3.63. The fourth-order valence-corrected chi connectivity index (χ4v) is 4.50. The minimum Gasteiger partial charge on any atom is -0.484 e. The number of carbonyl (C=O) groups is 2. The first-order chi connectivity index (χ1) is 18.1. The molecule has 0 unspecified atom stereocenters. The summed E-state index contributed by atoms with van der Waals surface area (Å²) in [7, 11) is -3.93. The fraction of sp³-hybridized carbons (Fsp3) is 0.259. The lowest BCUT2D eigenvalue weighted by Crippen LogP contribution is -2.49. The van der Waals surface area contributed by atoms with Gasteiger partial charge in [-0.1, -0.05) is 19.1 Å². The molecule has 0 saturated carbocycles. The first kappa shape index (κ1) is 28.6. The maximum atomic E-state index is 13.3. The van der Waals surface area contributed by atoms with Gasteiger partial charge in [0.15, 0.2) is 6.61 Å². The highest BCUT2D eigenvalue weighted by atomic mass is 32.2. The van der Waals surface area contributed by atoms with E-state index in [1.165, 1.54) is 65.6 Å². The predicted octanol–water partition coefficient (Wildman–Crippen LogP) is 4.09. The molecule has 3 rings (SSSR count). The number of sulfonamides is 1.